The molecule has 1 aliphatic rings. The SMILES string of the molecule is CC(COc1cc(-n2cnc3cc(B4OC(C)(C)C(C)(C)O4)ccc32)sc1C(N)=O)c1ccccc1Cl. The molecule has 1 fully saturated rings. The van der Waals surface area contributed by atoms with Gasteiger partial charge >= 0.3 is 7.12 Å². The van der Waals surface area contributed by atoms with E-state index in [2.05, 4.69) is 4.98 Å². The Kier molecular flexibility index (Phi) is 6.60. The summed E-state index contributed by atoms with van der Waals surface area (Å²) in [6.07, 6.45) is 1.73. The van der Waals surface area contributed by atoms with Crippen molar-refractivity contribution in [2.24, 2.45) is 5.73 Å². The lowest BCUT2D eigenvalue weighted by Gasteiger charge is -2.32. The average Bonchev–Trinajstić information content (AvgIpc) is 3.51. The van der Waals surface area contributed by atoms with Gasteiger partial charge in [0.1, 0.15) is 22.0 Å². The smallest absolute Gasteiger partial charge is 0.491 e. The van der Waals surface area contributed by atoms with E-state index in [4.69, 9.17) is 31.4 Å². The first-order chi connectivity index (χ1) is 17.5. The number of nitrogens with two attached hydrogens (primary N) is 1. The number of hydrogen-bond donors (Lipinski definition) is 1. The van der Waals surface area contributed by atoms with E-state index in [-0.39, 0.29) is 5.92 Å². The summed E-state index contributed by atoms with van der Waals surface area (Å²) in [5.74, 6) is -0.0635. The van der Waals surface area contributed by atoms with E-state index in [1.165, 1.54) is 11.3 Å². The molecule has 4 aromatic rings. The second-order valence-corrected chi connectivity index (χ2v) is 11.8. The summed E-state index contributed by atoms with van der Waals surface area (Å²) < 4.78 is 20.4. The summed E-state index contributed by atoms with van der Waals surface area (Å²) in [6.45, 7) is 10.5. The van der Waals surface area contributed by atoms with Crippen molar-refractivity contribution < 1.29 is 18.8 Å². The molecule has 192 valence electrons. The Morgan fingerprint density at radius 2 is 1.86 bits per heavy atom. The summed E-state index contributed by atoms with van der Waals surface area (Å²) in [4.78, 5) is 17.2. The maximum atomic E-state index is 12.2. The fourth-order valence-corrected chi connectivity index (χ4v) is 5.53. The number of ether oxygens (including phenoxy) is 1. The van der Waals surface area contributed by atoms with Crippen molar-refractivity contribution >= 4 is 52.5 Å². The Morgan fingerprint density at radius 3 is 2.54 bits per heavy atom. The van der Waals surface area contributed by atoms with E-state index in [1.54, 1.807) is 6.33 Å². The molecule has 1 unspecified atom stereocenters. The van der Waals surface area contributed by atoms with Gasteiger partial charge in [-0.05, 0) is 56.9 Å². The van der Waals surface area contributed by atoms with E-state index in [9.17, 15) is 4.79 Å². The number of primary amides is 1. The number of imidazole rings is 1. The monoisotopic (exact) mass is 537 g/mol. The third-order valence-corrected chi connectivity index (χ3v) is 8.64. The van der Waals surface area contributed by atoms with Crippen LogP contribution in [0, 0.1) is 0 Å². The zero-order valence-electron chi connectivity index (χ0n) is 21.4. The molecule has 1 atom stereocenters. The van der Waals surface area contributed by atoms with Gasteiger partial charge in [-0.15, -0.1) is 11.3 Å². The molecule has 1 saturated heterocycles. The number of aromatic nitrogens is 2. The van der Waals surface area contributed by atoms with Gasteiger partial charge in [0.2, 0.25) is 0 Å². The Balaban J connectivity index is 1.40. The molecule has 2 aromatic carbocycles. The molecule has 7 nitrogen and oxygen atoms in total. The molecule has 1 amide bonds. The Hall–Kier alpha value is -2.85. The predicted molar refractivity (Wildman–Crippen MR) is 149 cm³/mol. The lowest BCUT2D eigenvalue weighted by atomic mass is 9.79. The number of thiophene rings is 1. The Bertz CT molecular complexity index is 1470. The number of carbonyl (C=O) groups excluding carboxylic acids is 1. The van der Waals surface area contributed by atoms with Gasteiger partial charge in [-0.2, -0.15) is 0 Å². The molecule has 0 radical (unpaired) electrons. The van der Waals surface area contributed by atoms with E-state index in [0.717, 1.165) is 27.1 Å². The fraction of sp³-hybridized carbons (Fsp3) is 0.333. The minimum Gasteiger partial charge on any atom is -0.491 e. The molecule has 0 saturated carbocycles. The van der Waals surface area contributed by atoms with Crippen molar-refractivity contribution in [3.8, 4) is 10.8 Å². The largest absolute Gasteiger partial charge is 0.494 e. The fourth-order valence-electron chi connectivity index (χ4n) is 4.27. The van der Waals surface area contributed by atoms with Gasteiger partial charge in [-0.25, -0.2) is 4.98 Å². The molecular weight excluding hydrogens is 509 g/mol. The van der Waals surface area contributed by atoms with E-state index < -0.39 is 24.2 Å². The molecule has 2 aromatic heterocycles. The quantitative estimate of drug-likeness (QED) is 0.322. The van der Waals surface area contributed by atoms with Crippen molar-refractivity contribution in [2.45, 2.75) is 51.7 Å². The summed E-state index contributed by atoms with van der Waals surface area (Å²) >= 11 is 7.60. The minimum absolute atomic E-state index is 0.0280. The number of hydrogen-bond acceptors (Lipinski definition) is 6. The maximum absolute atomic E-state index is 12.2. The van der Waals surface area contributed by atoms with Gasteiger partial charge in [0.15, 0.2) is 0 Å². The highest BCUT2D eigenvalue weighted by Crippen LogP contribution is 2.37. The third-order valence-electron chi connectivity index (χ3n) is 7.17. The van der Waals surface area contributed by atoms with E-state index in [0.29, 0.717) is 22.3 Å². The highest BCUT2D eigenvalue weighted by atomic mass is 35.5. The molecule has 2 N–H and O–H groups in total. The second-order valence-electron chi connectivity index (χ2n) is 10.3. The van der Waals surface area contributed by atoms with Gasteiger partial charge in [0.25, 0.3) is 5.91 Å². The average molecular weight is 538 g/mol. The predicted octanol–water partition coefficient (Wildman–Crippen LogP) is 5.32. The molecule has 10 heteroatoms. The highest BCUT2D eigenvalue weighted by molar-refractivity contribution is 7.16. The number of rotatable bonds is 7. The minimum atomic E-state index is -0.538. The van der Waals surface area contributed by atoms with Crippen LogP contribution in [0.25, 0.3) is 16.0 Å². The first-order valence-corrected chi connectivity index (χ1v) is 13.3. The van der Waals surface area contributed by atoms with Gasteiger partial charge < -0.3 is 19.8 Å². The summed E-state index contributed by atoms with van der Waals surface area (Å²) in [7, 11) is -0.470. The van der Waals surface area contributed by atoms with Crippen molar-refractivity contribution in [1.82, 2.24) is 9.55 Å². The number of carbonyl (C=O) groups is 1. The van der Waals surface area contributed by atoms with Crippen LogP contribution >= 0.6 is 22.9 Å². The van der Waals surface area contributed by atoms with Crippen LogP contribution in [0.3, 0.4) is 0 Å². The van der Waals surface area contributed by atoms with Crippen LogP contribution in [0.1, 0.15) is 55.8 Å². The maximum Gasteiger partial charge on any atom is 0.494 e. The standard InChI is InChI=1S/C27H29BClN3O4S/c1-16(18-8-6-7-9-19(18)29)14-34-22-13-23(37-24(22)25(30)33)32-15-31-20-12-17(10-11-21(20)32)28-35-26(2,3)27(4,5)36-28/h6-13,15-16H,14H2,1-5H3,(H2,30,33). The lowest BCUT2D eigenvalue weighted by Crippen LogP contribution is -2.41. The van der Waals surface area contributed by atoms with Gasteiger partial charge in [-0.3, -0.25) is 9.36 Å². The van der Waals surface area contributed by atoms with Crippen LogP contribution < -0.4 is 15.9 Å². The van der Waals surface area contributed by atoms with Crippen molar-refractivity contribution in [1.29, 1.82) is 0 Å². The molecule has 0 aliphatic carbocycles. The lowest BCUT2D eigenvalue weighted by molar-refractivity contribution is 0.00578. The molecule has 37 heavy (non-hydrogen) atoms. The molecular formula is C27H29BClN3O4S. The van der Waals surface area contributed by atoms with E-state index >= 15 is 0 Å². The van der Waals surface area contributed by atoms with Crippen LogP contribution in [0.15, 0.2) is 54.9 Å². The molecule has 0 spiro atoms. The number of fused-ring (bicyclic) bond motifs is 1. The van der Waals surface area contributed by atoms with Crippen LogP contribution in [0.2, 0.25) is 5.02 Å². The summed E-state index contributed by atoms with van der Waals surface area (Å²) in [5.41, 5.74) is 8.40. The number of halogens is 1. The normalized spacial score (nSPS) is 17.3. The molecule has 1 aliphatic heterocycles. The van der Waals surface area contributed by atoms with Crippen molar-refractivity contribution in [2.75, 3.05) is 6.61 Å². The molecule has 5 rings (SSSR count). The van der Waals surface area contributed by atoms with Crippen LogP contribution in [0.4, 0.5) is 0 Å². The summed E-state index contributed by atoms with van der Waals surface area (Å²) in [5, 5.41) is 1.46. The first kappa shape index (κ1) is 25.8. The van der Waals surface area contributed by atoms with Crippen LogP contribution in [0.5, 0.6) is 5.75 Å². The number of nitrogens with zero attached hydrogens (tertiary/aromatic N) is 2. The number of amides is 1. The molecule has 0 bridgehead atoms. The Labute approximate surface area is 225 Å². The molecule has 3 heterocycles. The highest BCUT2D eigenvalue weighted by Gasteiger charge is 2.51. The number of benzene rings is 2. The first-order valence-electron chi connectivity index (χ1n) is 12.1. The Morgan fingerprint density at radius 1 is 1.16 bits per heavy atom. The zero-order valence-corrected chi connectivity index (χ0v) is 23.0. The summed E-state index contributed by atoms with van der Waals surface area (Å²) in [6, 6.07) is 15.4. The zero-order chi connectivity index (χ0) is 26.5. The van der Waals surface area contributed by atoms with E-state index in [1.807, 2.05) is 87.7 Å². The van der Waals surface area contributed by atoms with Gasteiger partial charge in [-0.1, -0.05) is 42.8 Å². The van der Waals surface area contributed by atoms with Gasteiger partial charge in [0.05, 0.1) is 28.8 Å². The van der Waals surface area contributed by atoms with Crippen LogP contribution in [-0.4, -0.2) is 40.4 Å². The third kappa shape index (κ3) is 4.77. The van der Waals surface area contributed by atoms with Gasteiger partial charge in [0, 0.05) is 17.0 Å². The van der Waals surface area contributed by atoms with Crippen molar-refractivity contribution in [3.05, 3.63) is 70.3 Å². The topological polar surface area (TPSA) is 88.6 Å². The second kappa shape index (κ2) is 9.47. The van der Waals surface area contributed by atoms with Crippen molar-refractivity contribution in [3.63, 3.8) is 0 Å². The van der Waals surface area contributed by atoms with Crippen LogP contribution in [-0.2, 0) is 9.31 Å².